The van der Waals surface area contributed by atoms with Gasteiger partial charge in [-0.3, -0.25) is 4.79 Å². The summed E-state index contributed by atoms with van der Waals surface area (Å²) >= 11 is 5.87. The molecule has 0 bridgehead atoms. The lowest BCUT2D eigenvalue weighted by molar-refractivity contribution is 0.0922. The zero-order chi connectivity index (χ0) is 11.4. The highest BCUT2D eigenvalue weighted by Gasteiger charge is 2.13. The molecule has 0 heterocycles. The molecular formula is C10H13ClN2O2. The van der Waals surface area contributed by atoms with Gasteiger partial charge in [-0.1, -0.05) is 17.7 Å². The molecule has 0 saturated heterocycles. The summed E-state index contributed by atoms with van der Waals surface area (Å²) in [4.78, 5) is 11.6. The van der Waals surface area contributed by atoms with Gasteiger partial charge in [-0.25, -0.2) is 0 Å². The molecule has 0 radical (unpaired) electrons. The minimum Gasteiger partial charge on any atom is -0.398 e. The second-order valence-corrected chi connectivity index (χ2v) is 3.64. The summed E-state index contributed by atoms with van der Waals surface area (Å²) in [5.41, 5.74) is 6.24. The predicted molar refractivity (Wildman–Crippen MR) is 59.9 cm³/mol. The van der Waals surface area contributed by atoms with Crippen LogP contribution in [0.25, 0.3) is 0 Å². The molecule has 1 unspecified atom stereocenters. The summed E-state index contributed by atoms with van der Waals surface area (Å²) in [6.45, 7) is 1.57. The van der Waals surface area contributed by atoms with E-state index in [1.54, 1.807) is 25.1 Å². The molecule has 1 atom stereocenters. The smallest absolute Gasteiger partial charge is 0.253 e. The van der Waals surface area contributed by atoms with Gasteiger partial charge in [-0.05, 0) is 19.1 Å². The molecule has 1 rings (SSSR count). The van der Waals surface area contributed by atoms with Gasteiger partial charge >= 0.3 is 0 Å². The zero-order valence-electron chi connectivity index (χ0n) is 8.33. The summed E-state index contributed by atoms with van der Waals surface area (Å²) < 4.78 is 0. The van der Waals surface area contributed by atoms with Crippen LogP contribution < -0.4 is 11.1 Å². The molecule has 4 nitrogen and oxygen atoms in total. The number of carbonyl (C=O) groups excluding carboxylic acids is 1. The van der Waals surface area contributed by atoms with Crippen LogP contribution in [0.3, 0.4) is 0 Å². The van der Waals surface area contributed by atoms with Gasteiger partial charge in [0, 0.05) is 6.04 Å². The molecule has 1 aromatic carbocycles. The number of hydrogen-bond acceptors (Lipinski definition) is 3. The molecule has 4 N–H and O–H groups in total. The molecule has 1 amide bonds. The Bertz CT molecular complexity index is 368. The van der Waals surface area contributed by atoms with Crippen molar-refractivity contribution >= 4 is 23.2 Å². The number of aliphatic hydroxyl groups is 1. The lowest BCUT2D eigenvalue weighted by Gasteiger charge is -2.12. The van der Waals surface area contributed by atoms with E-state index in [9.17, 15) is 4.79 Å². The molecule has 0 aliphatic heterocycles. The maximum Gasteiger partial charge on any atom is 0.253 e. The summed E-state index contributed by atoms with van der Waals surface area (Å²) in [5, 5.41) is 11.6. The fraction of sp³-hybridized carbons (Fsp3) is 0.300. The third-order valence-corrected chi connectivity index (χ3v) is 2.35. The Morgan fingerprint density at radius 3 is 2.93 bits per heavy atom. The number of nitrogens with two attached hydrogens (primary N) is 1. The number of nitrogen functional groups attached to an aromatic ring is 1. The van der Waals surface area contributed by atoms with Crippen LogP contribution in [0, 0.1) is 0 Å². The Hall–Kier alpha value is -1.26. The Balaban J connectivity index is 2.87. The second-order valence-electron chi connectivity index (χ2n) is 3.27. The lowest BCUT2D eigenvalue weighted by atomic mass is 10.2. The number of benzene rings is 1. The van der Waals surface area contributed by atoms with Crippen molar-refractivity contribution in [1.82, 2.24) is 5.32 Å². The van der Waals surface area contributed by atoms with E-state index in [0.717, 1.165) is 0 Å². The Morgan fingerprint density at radius 2 is 2.33 bits per heavy atom. The van der Waals surface area contributed by atoms with Gasteiger partial charge in [0.15, 0.2) is 0 Å². The standard InChI is InChI=1S/C10H13ClN2O2/c1-6(5-14)13-10(15)7-3-2-4-8(12)9(7)11/h2-4,6,14H,5,12H2,1H3,(H,13,15). The van der Waals surface area contributed by atoms with Gasteiger partial charge < -0.3 is 16.2 Å². The average molecular weight is 229 g/mol. The van der Waals surface area contributed by atoms with E-state index in [1.807, 2.05) is 0 Å². The van der Waals surface area contributed by atoms with Crippen molar-refractivity contribution in [2.24, 2.45) is 0 Å². The van der Waals surface area contributed by atoms with E-state index in [2.05, 4.69) is 5.32 Å². The first-order chi connectivity index (χ1) is 7.06. The van der Waals surface area contributed by atoms with E-state index < -0.39 is 0 Å². The SMILES string of the molecule is CC(CO)NC(=O)c1cccc(N)c1Cl. The van der Waals surface area contributed by atoms with Crippen molar-refractivity contribution in [2.75, 3.05) is 12.3 Å². The van der Waals surface area contributed by atoms with Crippen LogP contribution in [-0.2, 0) is 0 Å². The van der Waals surface area contributed by atoms with Gasteiger partial charge in [-0.2, -0.15) is 0 Å². The van der Waals surface area contributed by atoms with Crippen molar-refractivity contribution in [3.8, 4) is 0 Å². The normalized spacial score (nSPS) is 12.2. The maximum absolute atomic E-state index is 11.6. The van der Waals surface area contributed by atoms with E-state index >= 15 is 0 Å². The van der Waals surface area contributed by atoms with Crippen LogP contribution >= 0.6 is 11.6 Å². The molecule has 1 aromatic rings. The maximum atomic E-state index is 11.6. The average Bonchev–Trinajstić information content (AvgIpc) is 2.21. The van der Waals surface area contributed by atoms with Crippen molar-refractivity contribution in [1.29, 1.82) is 0 Å². The molecule has 0 saturated carbocycles. The largest absolute Gasteiger partial charge is 0.398 e. The summed E-state index contributed by atoms with van der Waals surface area (Å²) in [6.07, 6.45) is 0. The van der Waals surface area contributed by atoms with Crippen LogP contribution in [0.5, 0.6) is 0 Å². The minimum absolute atomic E-state index is 0.119. The number of hydrogen-bond donors (Lipinski definition) is 3. The summed E-state index contributed by atoms with van der Waals surface area (Å²) in [6, 6.07) is 4.54. The topological polar surface area (TPSA) is 75.3 Å². The van der Waals surface area contributed by atoms with Crippen LogP contribution in [0.15, 0.2) is 18.2 Å². The predicted octanol–water partition coefficient (Wildman–Crippen LogP) is 1.03. The van der Waals surface area contributed by atoms with E-state index in [1.165, 1.54) is 0 Å². The number of carbonyl (C=O) groups is 1. The van der Waals surface area contributed by atoms with Gasteiger partial charge in [-0.15, -0.1) is 0 Å². The Morgan fingerprint density at radius 1 is 1.67 bits per heavy atom. The van der Waals surface area contributed by atoms with Crippen LogP contribution in [0.4, 0.5) is 5.69 Å². The summed E-state index contributed by atoms with van der Waals surface area (Å²) in [7, 11) is 0. The fourth-order valence-corrected chi connectivity index (χ4v) is 1.28. The van der Waals surface area contributed by atoms with Crippen molar-refractivity contribution in [2.45, 2.75) is 13.0 Å². The number of aliphatic hydroxyl groups excluding tert-OH is 1. The molecule has 15 heavy (non-hydrogen) atoms. The molecule has 0 spiro atoms. The van der Waals surface area contributed by atoms with Gasteiger partial charge in [0.25, 0.3) is 5.91 Å². The van der Waals surface area contributed by atoms with E-state index in [0.29, 0.717) is 11.3 Å². The third-order valence-electron chi connectivity index (χ3n) is 1.92. The van der Waals surface area contributed by atoms with Gasteiger partial charge in [0.05, 0.1) is 22.9 Å². The monoisotopic (exact) mass is 228 g/mol. The molecule has 0 fully saturated rings. The van der Waals surface area contributed by atoms with E-state index in [-0.39, 0.29) is 23.6 Å². The first-order valence-electron chi connectivity index (χ1n) is 4.52. The number of nitrogens with one attached hydrogen (secondary N) is 1. The highest BCUT2D eigenvalue weighted by Crippen LogP contribution is 2.22. The molecule has 82 valence electrons. The summed E-state index contributed by atoms with van der Waals surface area (Å²) in [5.74, 6) is -0.339. The Kier molecular flexibility index (Phi) is 3.94. The number of halogens is 1. The van der Waals surface area contributed by atoms with Crippen LogP contribution in [0.2, 0.25) is 5.02 Å². The lowest BCUT2D eigenvalue weighted by Crippen LogP contribution is -2.35. The van der Waals surface area contributed by atoms with Crippen LogP contribution in [0.1, 0.15) is 17.3 Å². The van der Waals surface area contributed by atoms with Crippen molar-refractivity contribution < 1.29 is 9.90 Å². The number of rotatable bonds is 3. The third kappa shape index (κ3) is 2.84. The quantitative estimate of drug-likeness (QED) is 0.677. The molecular weight excluding hydrogens is 216 g/mol. The fourth-order valence-electron chi connectivity index (χ4n) is 1.07. The Labute approximate surface area is 93.0 Å². The van der Waals surface area contributed by atoms with Gasteiger partial charge in [0.1, 0.15) is 0 Å². The molecule has 0 aliphatic rings. The van der Waals surface area contributed by atoms with Crippen molar-refractivity contribution in [3.05, 3.63) is 28.8 Å². The van der Waals surface area contributed by atoms with E-state index in [4.69, 9.17) is 22.4 Å². The highest BCUT2D eigenvalue weighted by molar-refractivity contribution is 6.36. The first kappa shape index (κ1) is 11.8. The van der Waals surface area contributed by atoms with Gasteiger partial charge in [0.2, 0.25) is 0 Å². The van der Waals surface area contributed by atoms with Crippen molar-refractivity contribution in [3.63, 3.8) is 0 Å². The zero-order valence-corrected chi connectivity index (χ0v) is 9.08. The highest BCUT2D eigenvalue weighted by atomic mass is 35.5. The number of amides is 1. The molecule has 5 heteroatoms. The molecule has 0 aromatic heterocycles. The minimum atomic E-state index is -0.339. The second kappa shape index (κ2) is 5.00. The number of anilines is 1. The first-order valence-corrected chi connectivity index (χ1v) is 4.89. The molecule has 0 aliphatic carbocycles. The van der Waals surface area contributed by atoms with Crippen LogP contribution in [-0.4, -0.2) is 23.7 Å².